The molecule has 0 aliphatic heterocycles. The molecular weight excluding hydrogens is 488 g/mol. The Morgan fingerprint density at radius 1 is 1.09 bits per heavy atom. The summed E-state index contributed by atoms with van der Waals surface area (Å²) < 4.78 is 8.68. The molecule has 0 aliphatic rings. The van der Waals surface area contributed by atoms with Gasteiger partial charge in [-0.25, -0.2) is 9.78 Å². The van der Waals surface area contributed by atoms with E-state index in [2.05, 4.69) is 16.9 Å². The van der Waals surface area contributed by atoms with Gasteiger partial charge in [-0.2, -0.15) is 0 Å². The topological polar surface area (TPSA) is 102 Å². The maximum Gasteiger partial charge on any atom is 0.329 e. The van der Waals surface area contributed by atoms with Gasteiger partial charge in [0.1, 0.15) is 18.5 Å². The van der Waals surface area contributed by atoms with Crippen LogP contribution in [0.4, 0.5) is 0 Å². The van der Waals surface area contributed by atoms with Crippen LogP contribution in [0.15, 0.2) is 39.0 Å². The number of H-pyrrole nitrogens is 1. The number of benzene rings is 1. The fourth-order valence-electron chi connectivity index (χ4n) is 3.88. The quantitative estimate of drug-likeness (QED) is 0.220. The lowest BCUT2D eigenvalue weighted by atomic mass is 10.1. The maximum atomic E-state index is 12.6. The number of hydrogen-bond donors (Lipinski definition) is 2. The number of aliphatic hydroxyl groups excluding tert-OH is 1. The highest BCUT2D eigenvalue weighted by atomic mass is 35.5. The second-order valence-corrected chi connectivity index (χ2v) is 10.2. The lowest BCUT2D eigenvalue weighted by Crippen LogP contribution is -2.30. The van der Waals surface area contributed by atoms with Crippen LogP contribution in [0.3, 0.4) is 0 Å². The van der Waals surface area contributed by atoms with Crippen LogP contribution in [0, 0.1) is 0 Å². The zero-order chi connectivity index (χ0) is 25.2. The van der Waals surface area contributed by atoms with Crippen LogP contribution < -0.4 is 16.0 Å². The van der Waals surface area contributed by atoms with Crippen LogP contribution in [0.1, 0.15) is 58.3 Å². The monoisotopic (exact) mass is 522 g/mol. The molecule has 2 N–H and O–H groups in total. The van der Waals surface area contributed by atoms with Gasteiger partial charge in [0.25, 0.3) is 5.56 Å². The van der Waals surface area contributed by atoms with Crippen LogP contribution in [-0.2, 0) is 13.6 Å². The fourth-order valence-corrected chi connectivity index (χ4v) is 5.01. The average molecular weight is 523 g/mol. The Labute approximate surface area is 214 Å². The summed E-state index contributed by atoms with van der Waals surface area (Å²) in [6.07, 6.45) is 8.96. The number of nitrogens with one attached hydrogen (secondary N) is 1. The Balaban J connectivity index is 1.66. The van der Waals surface area contributed by atoms with Gasteiger partial charge in [-0.15, -0.1) is 0 Å². The molecule has 2 heterocycles. The van der Waals surface area contributed by atoms with Gasteiger partial charge in [0.05, 0.1) is 6.54 Å². The highest BCUT2D eigenvalue weighted by molar-refractivity contribution is 7.99. The number of rotatable bonds is 15. The number of thioether (sulfide) groups is 1. The Bertz CT molecular complexity index is 1190. The van der Waals surface area contributed by atoms with Gasteiger partial charge in [0, 0.05) is 17.8 Å². The minimum Gasteiger partial charge on any atom is -0.491 e. The van der Waals surface area contributed by atoms with Crippen molar-refractivity contribution < 1.29 is 9.84 Å². The Morgan fingerprint density at radius 2 is 1.74 bits per heavy atom. The molecule has 0 spiro atoms. The van der Waals surface area contributed by atoms with E-state index in [0.717, 1.165) is 18.6 Å². The molecule has 3 rings (SSSR count). The first kappa shape index (κ1) is 27.4. The maximum absolute atomic E-state index is 12.6. The summed E-state index contributed by atoms with van der Waals surface area (Å²) in [6.45, 7) is 2.38. The number of aromatic amines is 1. The molecule has 10 heteroatoms. The number of unbranched alkanes of at least 4 members (excludes halogenated alkanes) is 7. The first-order valence-electron chi connectivity index (χ1n) is 12.3. The van der Waals surface area contributed by atoms with Gasteiger partial charge < -0.3 is 14.4 Å². The highest BCUT2D eigenvalue weighted by Crippen LogP contribution is 2.24. The molecule has 8 nitrogen and oxygen atoms in total. The Hall–Kier alpha value is -2.23. The number of nitrogens with zero attached hydrogens (tertiary/aromatic N) is 3. The van der Waals surface area contributed by atoms with Crippen LogP contribution >= 0.6 is 23.4 Å². The average Bonchev–Trinajstić information content (AvgIpc) is 3.19. The van der Waals surface area contributed by atoms with Crippen molar-refractivity contribution in [2.75, 3.05) is 12.4 Å². The van der Waals surface area contributed by atoms with Crippen LogP contribution in [0.25, 0.3) is 11.2 Å². The number of halogens is 1. The normalized spacial score (nSPS) is 12.3. The van der Waals surface area contributed by atoms with Crippen molar-refractivity contribution >= 4 is 34.5 Å². The summed E-state index contributed by atoms with van der Waals surface area (Å²) in [7, 11) is 1.57. The van der Waals surface area contributed by atoms with Gasteiger partial charge in [-0.3, -0.25) is 14.3 Å². The summed E-state index contributed by atoms with van der Waals surface area (Å²) in [5, 5.41) is 11.9. The van der Waals surface area contributed by atoms with Crippen molar-refractivity contribution in [1.29, 1.82) is 0 Å². The van der Waals surface area contributed by atoms with Crippen molar-refractivity contribution in [1.82, 2.24) is 19.1 Å². The minimum atomic E-state index is -0.887. The van der Waals surface area contributed by atoms with Gasteiger partial charge >= 0.3 is 5.69 Å². The largest absolute Gasteiger partial charge is 0.491 e. The molecule has 3 aromatic rings. The number of hydrogen-bond acceptors (Lipinski definition) is 6. The predicted molar refractivity (Wildman–Crippen MR) is 142 cm³/mol. The third-order valence-electron chi connectivity index (χ3n) is 5.85. The lowest BCUT2D eigenvalue weighted by molar-refractivity contribution is 0.0914. The number of fused-ring (bicyclic) bond motifs is 1. The zero-order valence-electron chi connectivity index (χ0n) is 20.5. The number of aryl methyl sites for hydroxylation is 1. The molecule has 1 aromatic carbocycles. The minimum absolute atomic E-state index is 0.0348. The predicted octanol–water partition coefficient (Wildman–Crippen LogP) is 4.75. The molecule has 0 saturated carbocycles. The van der Waals surface area contributed by atoms with Gasteiger partial charge in [-0.1, -0.05) is 75.2 Å². The smallest absolute Gasteiger partial charge is 0.329 e. The van der Waals surface area contributed by atoms with E-state index in [4.69, 9.17) is 16.3 Å². The third-order valence-corrected chi connectivity index (χ3v) is 7.17. The van der Waals surface area contributed by atoms with Crippen LogP contribution in [0.5, 0.6) is 5.75 Å². The summed E-state index contributed by atoms with van der Waals surface area (Å²) >= 11 is 7.44. The fraction of sp³-hybridized carbons (Fsp3) is 0.560. The molecule has 1 atom stereocenters. The standard InChI is InChI=1S/C25H35ClN4O4S/c1-3-4-5-6-7-8-9-10-15-35-25-27-22-21(23(32)28-24(33)29(22)2)30(25)16-19(31)17-34-20-13-11-18(26)12-14-20/h11-14,19,31H,3-10,15-17H2,1-2H3,(H,28,32,33)/t19-/m0/s1. The van der Waals surface area contributed by atoms with E-state index in [1.165, 1.54) is 43.1 Å². The second kappa shape index (κ2) is 13.8. The molecule has 0 saturated heterocycles. The number of imidazole rings is 1. The van der Waals surface area contributed by atoms with E-state index in [0.29, 0.717) is 21.6 Å². The van der Waals surface area contributed by atoms with E-state index >= 15 is 0 Å². The van der Waals surface area contributed by atoms with Crippen molar-refractivity contribution in [3.8, 4) is 5.75 Å². The van der Waals surface area contributed by atoms with Crippen molar-refractivity contribution in [2.45, 2.75) is 76.1 Å². The lowest BCUT2D eigenvalue weighted by Gasteiger charge is -2.15. The molecule has 2 aromatic heterocycles. The SMILES string of the molecule is CCCCCCCCCCSc1nc2c(c(=O)[nH]c(=O)n2C)n1C[C@H](O)COc1ccc(Cl)cc1. The van der Waals surface area contributed by atoms with E-state index < -0.39 is 17.4 Å². The van der Waals surface area contributed by atoms with Crippen molar-refractivity contribution in [3.63, 3.8) is 0 Å². The molecule has 192 valence electrons. The first-order chi connectivity index (χ1) is 16.9. The van der Waals surface area contributed by atoms with E-state index in [9.17, 15) is 14.7 Å². The summed E-state index contributed by atoms with van der Waals surface area (Å²) in [4.78, 5) is 31.6. The molecule has 0 amide bonds. The third kappa shape index (κ3) is 7.88. The summed E-state index contributed by atoms with van der Waals surface area (Å²) in [5.41, 5.74) is -0.446. The molecule has 0 radical (unpaired) electrons. The van der Waals surface area contributed by atoms with E-state index in [1.807, 2.05) is 0 Å². The zero-order valence-corrected chi connectivity index (χ0v) is 22.0. The van der Waals surface area contributed by atoms with Crippen LogP contribution in [0.2, 0.25) is 5.02 Å². The van der Waals surface area contributed by atoms with Crippen molar-refractivity contribution in [2.24, 2.45) is 7.05 Å². The van der Waals surface area contributed by atoms with E-state index in [1.54, 1.807) is 47.6 Å². The summed E-state index contributed by atoms with van der Waals surface area (Å²) in [6, 6.07) is 6.89. The Kier molecular flexibility index (Phi) is 10.7. The molecule has 35 heavy (non-hydrogen) atoms. The molecule has 0 unspecified atom stereocenters. The first-order valence-corrected chi connectivity index (χ1v) is 13.7. The molecule has 0 aliphatic carbocycles. The molecular formula is C25H35ClN4O4S. The van der Waals surface area contributed by atoms with Gasteiger partial charge in [0.2, 0.25) is 0 Å². The van der Waals surface area contributed by atoms with Gasteiger partial charge in [0.15, 0.2) is 16.3 Å². The highest BCUT2D eigenvalue weighted by Gasteiger charge is 2.20. The number of aromatic nitrogens is 4. The molecule has 0 fully saturated rings. The molecule has 0 bridgehead atoms. The number of ether oxygens (including phenoxy) is 1. The summed E-state index contributed by atoms with van der Waals surface area (Å²) in [5.74, 6) is 1.44. The van der Waals surface area contributed by atoms with Crippen LogP contribution in [-0.4, -0.2) is 42.7 Å². The second-order valence-electron chi connectivity index (χ2n) is 8.74. The van der Waals surface area contributed by atoms with Crippen molar-refractivity contribution in [3.05, 3.63) is 50.1 Å². The van der Waals surface area contributed by atoms with Gasteiger partial charge in [-0.05, 0) is 30.7 Å². The number of aliphatic hydroxyl groups is 1. The van der Waals surface area contributed by atoms with E-state index in [-0.39, 0.29) is 18.7 Å². The Morgan fingerprint density at radius 3 is 2.43 bits per heavy atom.